The standard InChI is InChI=1S/C23H32N2O2/c1-15-5-4-6-20(16(15)2)24-21(26)14-25(3)22(27)13-23-10-17-7-18(11-23)9-19(8-17)12-23/h4-6,17-19H,7-14H2,1-3H3,(H,24,26). The number of hydrogen-bond donors (Lipinski definition) is 1. The van der Waals surface area contributed by atoms with Crippen molar-refractivity contribution in [2.75, 3.05) is 18.9 Å². The lowest BCUT2D eigenvalue weighted by molar-refractivity contribution is -0.140. The van der Waals surface area contributed by atoms with Crippen molar-refractivity contribution >= 4 is 17.5 Å². The molecule has 1 aromatic carbocycles. The molecule has 4 fully saturated rings. The molecule has 4 heteroatoms. The van der Waals surface area contributed by atoms with Crippen molar-refractivity contribution in [2.45, 2.75) is 58.8 Å². The normalized spacial score (nSPS) is 31.0. The van der Waals surface area contributed by atoms with Crippen LogP contribution in [0.25, 0.3) is 0 Å². The lowest BCUT2D eigenvalue weighted by atomic mass is 9.49. The largest absolute Gasteiger partial charge is 0.336 e. The van der Waals surface area contributed by atoms with Crippen LogP contribution < -0.4 is 5.32 Å². The minimum atomic E-state index is -0.120. The van der Waals surface area contributed by atoms with Gasteiger partial charge in [0, 0.05) is 19.2 Å². The number of rotatable bonds is 5. The molecule has 4 aliphatic carbocycles. The molecule has 0 heterocycles. The number of likely N-dealkylation sites (N-methyl/N-ethyl adjacent to an activating group) is 1. The van der Waals surface area contributed by atoms with Crippen LogP contribution in [0.3, 0.4) is 0 Å². The van der Waals surface area contributed by atoms with E-state index in [0.717, 1.165) is 34.6 Å². The monoisotopic (exact) mass is 368 g/mol. The second-order valence-corrected chi connectivity index (χ2v) is 9.64. The first-order chi connectivity index (χ1) is 12.8. The molecule has 0 atom stereocenters. The summed E-state index contributed by atoms with van der Waals surface area (Å²) in [7, 11) is 1.77. The molecule has 0 aliphatic heterocycles. The van der Waals surface area contributed by atoms with E-state index < -0.39 is 0 Å². The van der Waals surface area contributed by atoms with Gasteiger partial charge in [0.2, 0.25) is 11.8 Å². The van der Waals surface area contributed by atoms with E-state index in [1.165, 1.54) is 38.5 Å². The minimum Gasteiger partial charge on any atom is -0.336 e. The van der Waals surface area contributed by atoms with Crippen LogP contribution in [0, 0.1) is 37.0 Å². The Morgan fingerprint density at radius 3 is 2.26 bits per heavy atom. The molecule has 146 valence electrons. The molecule has 1 aromatic rings. The second-order valence-electron chi connectivity index (χ2n) is 9.64. The molecule has 0 saturated heterocycles. The summed E-state index contributed by atoms with van der Waals surface area (Å²) in [6.45, 7) is 4.16. The lowest BCUT2D eigenvalue weighted by Gasteiger charge is -2.56. The molecule has 0 aromatic heterocycles. The first-order valence-electron chi connectivity index (χ1n) is 10.4. The van der Waals surface area contributed by atoms with E-state index in [1.54, 1.807) is 11.9 Å². The fourth-order valence-corrected chi connectivity index (χ4v) is 6.34. The van der Waals surface area contributed by atoms with Gasteiger partial charge in [0.25, 0.3) is 0 Å². The number of hydrogen-bond acceptors (Lipinski definition) is 2. The van der Waals surface area contributed by atoms with Crippen molar-refractivity contribution < 1.29 is 9.59 Å². The molecule has 1 N–H and O–H groups in total. The van der Waals surface area contributed by atoms with E-state index in [0.29, 0.717) is 6.42 Å². The Kier molecular flexibility index (Phi) is 4.77. The van der Waals surface area contributed by atoms with Gasteiger partial charge in [-0.15, -0.1) is 0 Å². The zero-order chi connectivity index (χ0) is 19.2. The van der Waals surface area contributed by atoms with Gasteiger partial charge in [-0.1, -0.05) is 12.1 Å². The van der Waals surface area contributed by atoms with Crippen LogP contribution in [0.1, 0.15) is 56.1 Å². The summed E-state index contributed by atoms with van der Waals surface area (Å²) >= 11 is 0. The second kappa shape index (κ2) is 6.96. The number of anilines is 1. The number of nitrogens with zero attached hydrogens (tertiary/aromatic N) is 1. The molecule has 0 unspecified atom stereocenters. The highest BCUT2D eigenvalue weighted by Gasteiger charge is 2.51. The van der Waals surface area contributed by atoms with Crippen molar-refractivity contribution in [1.82, 2.24) is 4.90 Å². The molecule has 4 saturated carbocycles. The zero-order valence-corrected chi connectivity index (χ0v) is 16.9. The highest BCUT2D eigenvalue weighted by atomic mass is 16.2. The summed E-state index contributed by atoms with van der Waals surface area (Å²) in [6.07, 6.45) is 8.49. The first kappa shape index (κ1) is 18.5. The maximum absolute atomic E-state index is 12.9. The van der Waals surface area contributed by atoms with Gasteiger partial charge in [-0.05, 0) is 92.7 Å². The van der Waals surface area contributed by atoms with Crippen LogP contribution in [0.4, 0.5) is 5.69 Å². The van der Waals surface area contributed by atoms with Gasteiger partial charge in [0.1, 0.15) is 0 Å². The Bertz CT molecular complexity index is 719. The molecule has 0 spiro atoms. The fourth-order valence-electron chi connectivity index (χ4n) is 6.34. The third-order valence-corrected chi connectivity index (χ3v) is 7.38. The molecule has 27 heavy (non-hydrogen) atoms. The summed E-state index contributed by atoms with van der Waals surface area (Å²) in [6, 6.07) is 5.89. The Balaban J connectivity index is 1.34. The van der Waals surface area contributed by atoms with Crippen molar-refractivity contribution in [1.29, 1.82) is 0 Å². The molecular weight excluding hydrogens is 336 g/mol. The number of benzene rings is 1. The number of carbonyl (C=O) groups is 2. The summed E-state index contributed by atoms with van der Waals surface area (Å²) < 4.78 is 0. The highest BCUT2D eigenvalue weighted by Crippen LogP contribution is 2.61. The molecule has 4 aliphatic rings. The van der Waals surface area contributed by atoms with Crippen LogP contribution in [-0.4, -0.2) is 30.3 Å². The van der Waals surface area contributed by atoms with Gasteiger partial charge in [0.05, 0.1) is 6.54 Å². The van der Waals surface area contributed by atoms with Crippen molar-refractivity contribution in [3.8, 4) is 0 Å². The van der Waals surface area contributed by atoms with Crippen LogP contribution >= 0.6 is 0 Å². The minimum absolute atomic E-state index is 0.120. The topological polar surface area (TPSA) is 49.4 Å². The van der Waals surface area contributed by atoms with Gasteiger partial charge in [-0.25, -0.2) is 0 Å². The van der Waals surface area contributed by atoms with Crippen LogP contribution in [0.15, 0.2) is 18.2 Å². The van der Waals surface area contributed by atoms with E-state index in [2.05, 4.69) is 5.32 Å². The number of amides is 2. The summed E-state index contributed by atoms with van der Waals surface area (Å²) in [4.78, 5) is 27.0. The molecule has 5 rings (SSSR count). The molecule has 4 bridgehead atoms. The van der Waals surface area contributed by atoms with E-state index in [4.69, 9.17) is 0 Å². The van der Waals surface area contributed by atoms with Crippen LogP contribution in [0.5, 0.6) is 0 Å². The smallest absolute Gasteiger partial charge is 0.243 e. The fraction of sp³-hybridized carbons (Fsp3) is 0.652. The van der Waals surface area contributed by atoms with Gasteiger partial charge >= 0.3 is 0 Å². The average Bonchev–Trinajstić information content (AvgIpc) is 2.57. The number of nitrogens with one attached hydrogen (secondary N) is 1. The Morgan fingerprint density at radius 2 is 1.67 bits per heavy atom. The summed E-state index contributed by atoms with van der Waals surface area (Å²) in [5.74, 6) is 2.56. The van der Waals surface area contributed by atoms with Gasteiger partial charge in [-0.2, -0.15) is 0 Å². The van der Waals surface area contributed by atoms with Crippen molar-refractivity contribution in [3.63, 3.8) is 0 Å². The third-order valence-electron chi connectivity index (χ3n) is 7.38. The maximum atomic E-state index is 12.9. The SMILES string of the molecule is Cc1cccc(NC(=O)CN(C)C(=O)CC23CC4CC(CC(C4)C2)C3)c1C. The molecule has 0 radical (unpaired) electrons. The van der Waals surface area contributed by atoms with Crippen LogP contribution in [-0.2, 0) is 9.59 Å². The van der Waals surface area contributed by atoms with Crippen LogP contribution in [0.2, 0.25) is 0 Å². The highest BCUT2D eigenvalue weighted by molar-refractivity contribution is 5.95. The van der Waals surface area contributed by atoms with Crippen molar-refractivity contribution in [2.24, 2.45) is 23.2 Å². The molecular formula is C23H32N2O2. The Morgan fingerprint density at radius 1 is 1.07 bits per heavy atom. The predicted molar refractivity (Wildman–Crippen MR) is 107 cm³/mol. The number of carbonyl (C=O) groups excluding carboxylic acids is 2. The Hall–Kier alpha value is -1.84. The average molecular weight is 369 g/mol. The third kappa shape index (κ3) is 3.76. The summed E-state index contributed by atoms with van der Waals surface area (Å²) in [5, 5.41) is 2.96. The number of aryl methyl sites for hydroxylation is 1. The molecule has 4 nitrogen and oxygen atoms in total. The van der Waals surface area contributed by atoms with Gasteiger partial charge in [-0.3, -0.25) is 9.59 Å². The summed E-state index contributed by atoms with van der Waals surface area (Å²) in [5.41, 5.74) is 3.29. The lowest BCUT2D eigenvalue weighted by Crippen LogP contribution is -2.48. The van der Waals surface area contributed by atoms with Gasteiger partial charge < -0.3 is 10.2 Å². The first-order valence-corrected chi connectivity index (χ1v) is 10.4. The van der Waals surface area contributed by atoms with E-state index in [-0.39, 0.29) is 23.8 Å². The quantitative estimate of drug-likeness (QED) is 0.842. The van der Waals surface area contributed by atoms with E-state index in [1.807, 2.05) is 32.0 Å². The Labute approximate surface area is 162 Å². The molecule has 2 amide bonds. The van der Waals surface area contributed by atoms with E-state index >= 15 is 0 Å². The maximum Gasteiger partial charge on any atom is 0.243 e. The predicted octanol–water partition coefficient (Wildman–Crippen LogP) is 4.31. The zero-order valence-electron chi connectivity index (χ0n) is 16.9. The van der Waals surface area contributed by atoms with E-state index in [9.17, 15) is 9.59 Å². The van der Waals surface area contributed by atoms with Gasteiger partial charge in [0.15, 0.2) is 0 Å². The van der Waals surface area contributed by atoms with Crippen molar-refractivity contribution in [3.05, 3.63) is 29.3 Å².